The summed E-state index contributed by atoms with van der Waals surface area (Å²) < 4.78 is 18.1. The van der Waals surface area contributed by atoms with E-state index < -0.39 is 66.1 Å². The highest BCUT2D eigenvalue weighted by Crippen LogP contribution is 2.49. The van der Waals surface area contributed by atoms with Crippen molar-refractivity contribution in [3.05, 3.63) is 71.8 Å². The maximum atomic E-state index is 12.7. The van der Waals surface area contributed by atoms with Crippen molar-refractivity contribution in [1.82, 2.24) is 10.2 Å². The Morgan fingerprint density at radius 1 is 0.921 bits per heavy atom. The van der Waals surface area contributed by atoms with E-state index in [-0.39, 0.29) is 13.2 Å². The zero-order chi connectivity index (χ0) is 27.2. The van der Waals surface area contributed by atoms with Gasteiger partial charge >= 0.3 is 6.03 Å². The molecule has 2 aromatic rings. The first-order valence-corrected chi connectivity index (χ1v) is 12.2. The molecule has 2 heterocycles. The lowest BCUT2D eigenvalue weighted by molar-refractivity contribution is -0.213. The molecule has 0 bridgehead atoms. The molecule has 6 N–H and O–H groups in total. The zero-order valence-electron chi connectivity index (χ0n) is 20.5. The first-order chi connectivity index (χ1) is 18.1. The van der Waals surface area contributed by atoms with Crippen LogP contribution in [-0.2, 0) is 32.2 Å². The second-order valence-electron chi connectivity index (χ2n) is 9.90. The highest BCUT2D eigenvalue weighted by molar-refractivity contribution is 6.01. The fourth-order valence-corrected chi connectivity index (χ4v) is 5.27. The Morgan fingerprint density at radius 3 is 2.11 bits per heavy atom. The van der Waals surface area contributed by atoms with Crippen LogP contribution in [0.4, 0.5) is 4.79 Å². The zero-order valence-corrected chi connectivity index (χ0v) is 20.5. The molecular weight excluding hydrogens is 500 g/mol. The van der Waals surface area contributed by atoms with Crippen LogP contribution in [0.1, 0.15) is 18.1 Å². The van der Waals surface area contributed by atoms with Gasteiger partial charge in [-0.05, 0) is 18.1 Å². The van der Waals surface area contributed by atoms with E-state index in [0.29, 0.717) is 10.5 Å². The van der Waals surface area contributed by atoms with Crippen LogP contribution in [0.3, 0.4) is 0 Å². The van der Waals surface area contributed by atoms with Crippen molar-refractivity contribution in [3.8, 4) is 0 Å². The van der Waals surface area contributed by atoms with E-state index in [4.69, 9.17) is 14.2 Å². The lowest BCUT2D eigenvalue weighted by atomic mass is 9.90. The summed E-state index contributed by atoms with van der Waals surface area (Å²) in [5.41, 5.74) is -2.97. The Bertz CT molecular complexity index is 1170. The van der Waals surface area contributed by atoms with Gasteiger partial charge < -0.3 is 39.7 Å². The third-order valence-electron chi connectivity index (χ3n) is 7.46. The molecule has 3 aliphatic rings. The fourth-order valence-electron chi connectivity index (χ4n) is 5.27. The number of hydrogen-bond donors (Lipinski definition) is 6. The predicted molar refractivity (Wildman–Crippen MR) is 128 cm³/mol. The SMILES string of the molecule is CC1(O)C(=O)NC(=O)N([C@@H]2O[C@@H]3[C@H](OCc4ccccc4)[C@@H](O)[C@@H](O)[C@]3(OCc3ccccc3)[C@H]2O)C1O. The predicted octanol–water partition coefficient (Wildman–Crippen LogP) is -1.03. The average Bonchev–Trinajstić information content (AvgIpc) is 3.30. The van der Waals surface area contributed by atoms with Crippen molar-refractivity contribution < 1.29 is 49.3 Å². The van der Waals surface area contributed by atoms with Crippen LogP contribution in [0.5, 0.6) is 0 Å². The monoisotopic (exact) mass is 530 g/mol. The Morgan fingerprint density at radius 2 is 1.50 bits per heavy atom. The number of urea groups is 1. The first kappa shape index (κ1) is 26.7. The van der Waals surface area contributed by atoms with Gasteiger partial charge in [0.15, 0.2) is 23.7 Å². The molecule has 2 aromatic carbocycles. The van der Waals surface area contributed by atoms with E-state index in [1.807, 2.05) is 11.4 Å². The van der Waals surface area contributed by atoms with Gasteiger partial charge in [-0.2, -0.15) is 0 Å². The molecule has 12 heteroatoms. The molecule has 2 saturated heterocycles. The summed E-state index contributed by atoms with van der Waals surface area (Å²) in [6, 6.07) is 16.8. The molecular formula is C26H30N2O10. The molecule has 0 aromatic heterocycles. The molecule has 1 saturated carbocycles. The van der Waals surface area contributed by atoms with Crippen LogP contribution >= 0.6 is 0 Å². The molecule has 9 atom stereocenters. The smallest absolute Gasteiger partial charge is 0.328 e. The Kier molecular flexibility index (Phi) is 7.00. The Hall–Kier alpha value is -2.94. The maximum Gasteiger partial charge on any atom is 0.328 e. The number of fused-ring (bicyclic) bond motifs is 1. The number of nitrogens with one attached hydrogen (secondary N) is 1. The average molecular weight is 531 g/mol. The number of nitrogens with zero attached hydrogens (tertiary/aromatic N) is 1. The maximum absolute atomic E-state index is 12.7. The number of amides is 3. The molecule has 5 rings (SSSR count). The summed E-state index contributed by atoms with van der Waals surface area (Å²) in [6.45, 7) is 0.923. The Balaban J connectivity index is 1.49. The third kappa shape index (κ3) is 4.19. The van der Waals surface area contributed by atoms with Crippen LogP contribution in [-0.4, -0.2) is 96.5 Å². The highest BCUT2D eigenvalue weighted by Gasteiger charge is 2.73. The van der Waals surface area contributed by atoms with Gasteiger partial charge in [-0.3, -0.25) is 15.0 Å². The van der Waals surface area contributed by atoms with Gasteiger partial charge in [-0.1, -0.05) is 60.7 Å². The van der Waals surface area contributed by atoms with Crippen molar-refractivity contribution in [2.24, 2.45) is 0 Å². The van der Waals surface area contributed by atoms with Gasteiger partial charge in [0.1, 0.15) is 30.5 Å². The van der Waals surface area contributed by atoms with Crippen LogP contribution in [0.15, 0.2) is 60.7 Å². The van der Waals surface area contributed by atoms with Gasteiger partial charge in [0.05, 0.1) is 13.2 Å². The van der Waals surface area contributed by atoms with Gasteiger partial charge in [0.2, 0.25) is 0 Å². The van der Waals surface area contributed by atoms with E-state index in [1.54, 1.807) is 54.6 Å². The summed E-state index contributed by atoms with van der Waals surface area (Å²) in [5.74, 6) is -1.13. The van der Waals surface area contributed by atoms with E-state index in [9.17, 15) is 35.1 Å². The highest BCUT2D eigenvalue weighted by atomic mass is 16.6. The topological polar surface area (TPSA) is 178 Å². The number of carbonyl (C=O) groups is 2. The number of carbonyl (C=O) groups excluding carboxylic acids is 2. The van der Waals surface area contributed by atoms with Crippen molar-refractivity contribution in [2.75, 3.05) is 0 Å². The molecule has 2 aliphatic heterocycles. The Labute approximate surface area is 218 Å². The van der Waals surface area contributed by atoms with Crippen molar-refractivity contribution in [2.45, 2.75) is 74.3 Å². The van der Waals surface area contributed by atoms with E-state index in [0.717, 1.165) is 12.5 Å². The number of aliphatic hydroxyl groups is 5. The van der Waals surface area contributed by atoms with Gasteiger partial charge in [0, 0.05) is 0 Å². The summed E-state index contributed by atoms with van der Waals surface area (Å²) in [4.78, 5) is 25.4. The standard InChI is InChI=1S/C26H30N2O10/c1-25(35)22(32)27-24(34)28(23(25)33)21-19(31)26(37-13-15-10-6-3-7-11-15)18(30)16(29)17(20(26)38-21)36-12-14-8-4-2-5-9-14/h2-11,16-21,23,29-31,33,35H,12-13H2,1H3,(H,27,32,34)/t16-,17-,18-,19+,20-,21-,23?,25?,26+/m1/s1. The van der Waals surface area contributed by atoms with Gasteiger partial charge in [0.25, 0.3) is 5.91 Å². The second-order valence-corrected chi connectivity index (χ2v) is 9.90. The van der Waals surface area contributed by atoms with Crippen LogP contribution < -0.4 is 5.32 Å². The minimum absolute atomic E-state index is 0.0285. The number of imide groups is 1. The number of rotatable bonds is 7. The molecule has 0 radical (unpaired) electrons. The fraction of sp³-hybridized carbons (Fsp3) is 0.462. The van der Waals surface area contributed by atoms with Crippen molar-refractivity contribution in [3.63, 3.8) is 0 Å². The van der Waals surface area contributed by atoms with Crippen molar-refractivity contribution in [1.29, 1.82) is 0 Å². The summed E-state index contributed by atoms with van der Waals surface area (Å²) in [6.07, 6.45) is -11.4. The lowest BCUT2D eigenvalue weighted by Gasteiger charge is -2.44. The number of ether oxygens (including phenoxy) is 3. The third-order valence-corrected chi connectivity index (χ3v) is 7.46. The van der Waals surface area contributed by atoms with E-state index in [1.165, 1.54) is 0 Å². The summed E-state index contributed by atoms with van der Waals surface area (Å²) in [5, 5.41) is 56.9. The number of aliphatic hydroxyl groups excluding tert-OH is 4. The van der Waals surface area contributed by atoms with Crippen LogP contribution in [0.2, 0.25) is 0 Å². The molecule has 3 fully saturated rings. The molecule has 2 unspecified atom stereocenters. The van der Waals surface area contributed by atoms with Gasteiger partial charge in [-0.25, -0.2) is 4.79 Å². The van der Waals surface area contributed by atoms with E-state index in [2.05, 4.69) is 0 Å². The molecule has 12 nitrogen and oxygen atoms in total. The molecule has 1 aliphatic carbocycles. The molecule has 204 valence electrons. The second kappa shape index (κ2) is 9.98. The number of hydrogen-bond acceptors (Lipinski definition) is 10. The molecule has 38 heavy (non-hydrogen) atoms. The van der Waals surface area contributed by atoms with Crippen molar-refractivity contribution >= 4 is 11.9 Å². The summed E-state index contributed by atoms with van der Waals surface area (Å²) in [7, 11) is 0. The van der Waals surface area contributed by atoms with Crippen LogP contribution in [0.25, 0.3) is 0 Å². The first-order valence-electron chi connectivity index (χ1n) is 12.2. The molecule has 3 amide bonds. The summed E-state index contributed by atoms with van der Waals surface area (Å²) >= 11 is 0. The van der Waals surface area contributed by atoms with Crippen LogP contribution in [0, 0.1) is 0 Å². The number of benzene rings is 2. The molecule has 0 spiro atoms. The lowest BCUT2D eigenvalue weighted by Crippen LogP contribution is -2.72. The minimum Gasteiger partial charge on any atom is -0.387 e. The van der Waals surface area contributed by atoms with Gasteiger partial charge in [-0.15, -0.1) is 0 Å². The van der Waals surface area contributed by atoms with E-state index >= 15 is 0 Å². The largest absolute Gasteiger partial charge is 0.387 e. The minimum atomic E-state index is -2.42. The quantitative estimate of drug-likeness (QED) is 0.259. The normalized spacial score (nSPS) is 38.8.